The Labute approximate surface area is 241 Å². The molecule has 0 spiro atoms. The van der Waals surface area contributed by atoms with E-state index < -0.39 is 0 Å². The molecule has 4 aromatic carbocycles. The predicted octanol–water partition coefficient (Wildman–Crippen LogP) is 7.05. The number of hydrogen-bond acceptors (Lipinski definition) is 6. The molecule has 216 valence electrons. The maximum absolute atomic E-state index is 11.4. The molecule has 0 atom stereocenters. The Morgan fingerprint density at radius 3 is 0.976 bits per heavy atom. The second-order valence-corrected chi connectivity index (χ2v) is 11.1. The van der Waals surface area contributed by atoms with E-state index in [1.165, 1.54) is 0 Å². The lowest BCUT2D eigenvalue weighted by Crippen LogP contribution is -2.02. The third kappa shape index (κ3) is 5.78. The largest absolute Gasteiger partial charge is 0.507 e. The van der Waals surface area contributed by atoms with Gasteiger partial charge >= 0.3 is 0 Å². The maximum Gasteiger partial charge on any atom is 0.126 e. The van der Waals surface area contributed by atoms with Gasteiger partial charge in [0.25, 0.3) is 0 Å². The van der Waals surface area contributed by atoms with Gasteiger partial charge < -0.3 is 30.6 Å². The van der Waals surface area contributed by atoms with E-state index in [4.69, 9.17) is 0 Å². The molecular formula is C35H40O6. The summed E-state index contributed by atoms with van der Waals surface area (Å²) in [4.78, 5) is 0. The molecule has 0 bridgehead atoms. The van der Waals surface area contributed by atoms with Crippen molar-refractivity contribution >= 4 is 0 Å². The van der Waals surface area contributed by atoms with E-state index in [2.05, 4.69) is 0 Å². The number of phenols is 6. The van der Waals surface area contributed by atoms with Crippen molar-refractivity contribution in [1.82, 2.24) is 0 Å². The SMILES string of the molecule is CCc1cc(Cc2cc(CC)c(O)c(Cc3cc(C)c(O)c(C)c3)c2O)c(O)c(Cc2cc(C)c(O)c(C)c2)c1O. The maximum atomic E-state index is 11.4. The van der Waals surface area contributed by atoms with Gasteiger partial charge in [0.2, 0.25) is 0 Å². The van der Waals surface area contributed by atoms with Crippen LogP contribution in [0, 0.1) is 27.7 Å². The molecule has 4 aromatic rings. The molecule has 0 aromatic heterocycles. The average molecular weight is 557 g/mol. The summed E-state index contributed by atoms with van der Waals surface area (Å²) in [5.74, 6) is 0.460. The molecule has 0 amide bonds. The molecule has 0 aliphatic carbocycles. The molecule has 0 heterocycles. The summed E-state index contributed by atoms with van der Waals surface area (Å²) in [5, 5.41) is 65.3. The average Bonchev–Trinajstić information content (AvgIpc) is 2.93. The van der Waals surface area contributed by atoms with Crippen molar-refractivity contribution < 1.29 is 30.6 Å². The fraction of sp³-hybridized carbons (Fsp3) is 0.314. The van der Waals surface area contributed by atoms with Crippen LogP contribution in [0.15, 0.2) is 36.4 Å². The zero-order valence-corrected chi connectivity index (χ0v) is 24.7. The summed E-state index contributed by atoms with van der Waals surface area (Å²) in [6.07, 6.45) is 1.83. The van der Waals surface area contributed by atoms with Crippen LogP contribution in [0.4, 0.5) is 0 Å². The smallest absolute Gasteiger partial charge is 0.126 e. The number of aryl methyl sites for hydroxylation is 6. The van der Waals surface area contributed by atoms with E-state index in [-0.39, 0.29) is 53.8 Å². The van der Waals surface area contributed by atoms with Gasteiger partial charge in [-0.1, -0.05) is 38.1 Å². The van der Waals surface area contributed by atoms with Crippen molar-refractivity contribution in [3.8, 4) is 34.5 Å². The quantitative estimate of drug-likeness (QED) is 0.138. The predicted molar refractivity (Wildman–Crippen MR) is 162 cm³/mol. The van der Waals surface area contributed by atoms with Crippen molar-refractivity contribution in [2.24, 2.45) is 0 Å². The fourth-order valence-electron chi connectivity index (χ4n) is 5.75. The normalized spacial score (nSPS) is 11.3. The van der Waals surface area contributed by atoms with Gasteiger partial charge in [-0.3, -0.25) is 0 Å². The standard InChI is InChI=1S/C35H40O6/c1-7-24-15-26(34(40)28(32(24)38)13-22-9-18(3)30(36)19(4)10-22)17-27-16-25(8-2)33(39)29(35(27)41)14-23-11-20(5)31(37)21(6)12-23/h9-12,15-16,36-41H,7-8,13-14,17H2,1-6H3. The first-order valence-electron chi connectivity index (χ1n) is 14.0. The molecule has 6 heteroatoms. The van der Waals surface area contributed by atoms with Crippen molar-refractivity contribution in [1.29, 1.82) is 0 Å². The van der Waals surface area contributed by atoms with Crippen LogP contribution in [-0.4, -0.2) is 30.6 Å². The molecule has 0 aliphatic rings. The molecule has 0 unspecified atom stereocenters. The Morgan fingerprint density at radius 1 is 0.390 bits per heavy atom. The summed E-state index contributed by atoms with van der Waals surface area (Å²) < 4.78 is 0. The Balaban J connectivity index is 1.80. The third-order valence-corrected chi connectivity index (χ3v) is 8.06. The molecule has 0 aliphatic heterocycles. The van der Waals surface area contributed by atoms with Crippen LogP contribution in [0.5, 0.6) is 34.5 Å². The van der Waals surface area contributed by atoms with Crippen molar-refractivity contribution in [3.63, 3.8) is 0 Å². The van der Waals surface area contributed by atoms with Crippen molar-refractivity contribution in [2.45, 2.75) is 73.6 Å². The van der Waals surface area contributed by atoms with Crippen molar-refractivity contribution in [3.05, 3.63) is 103 Å². The van der Waals surface area contributed by atoms with Crippen LogP contribution < -0.4 is 0 Å². The van der Waals surface area contributed by atoms with Crippen LogP contribution in [0.2, 0.25) is 0 Å². The third-order valence-electron chi connectivity index (χ3n) is 8.06. The van der Waals surface area contributed by atoms with Gasteiger partial charge in [0.15, 0.2) is 0 Å². The zero-order chi connectivity index (χ0) is 30.2. The Hall–Kier alpha value is -4.32. The van der Waals surface area contributed by atoms with E-state index in [0.717, 1.165) is 33.4 Å². The number of rotatable bonds is 8. The lowest BCUT2D eigenvalue weighted by molar-refractivity contribution is 0.429. The molecule has 0 fully saturated rings. The Morgan fingerprint density at radius 2 is 0.683 bits per heavy atom. The molecule has 0 saturated heterocycles. The summed E-state index contributed by atoms with van der Waals surface area (Å²) in [5.41, 5.74) is 7.87. The lowest BCUT2D eigenvalue weighted by Gasteiger charge is -2.19. The summed E-state index contributed by atoms with van der Waals surface area (Å²) in [6.45, 7) is 11.1. The van der Waals surface area contributed by atoms with Crippen LogP contribution in [0.25, 0.3) is 0 Å². The molecule has 0 radical (unpaired) electrons. The van der Waals surface area contributed by atoms with Gasteiger partial charge in [0.05, 0.1) is 0 Å². The number of phenolic OH excluding ortho intramolecular Hbond substituents is 6. The molecule has 41 heavy (non-hydrogen) atoms. The first-order valence-corrected chi connectivity index (χ1v) is 14.0. The lowest BCUT2D eigenvalue weighted by atomic mass is 9.89. The molecule has 4 rings (SSSR count). The summed E-state index contributed by atoms with van der Waals surface area (Å²) in [7, 11) is 0. The van der Waals surface area contributed by atoms with Crippen molar-refractivity contribution in [2.75, 3.05) is 0 Å². The molecule has 6 nitrogen and oxygen atoms in total. The van der Waals surface area contributed by atoms with Gasteiger partial charge in [-0.05, 0) is 108 Å². The fourth-order valence-corrected chi connectivity index (χ4v) is 5.75. The molecule has 6 N–H and O–H groups in total. The van der Waals surface area contributed by atoms with E-state index >= 15 is 0 Å². The summed E-state index contributed by atoms with van der Waals surface area (Å²) in [6, 6.07) is 10.9. The van der Waals surface area contributed by atoms with E-state index in [9.17, 15) is 30.6 Å². The van der Waals surface area contributed by atoms with Crippen LogP contribution in [0.3, 0.4) is 0 Å². The van der Waals surface area contributed by atoms with Gasteiger partial charge in [-0.25, -0.2) is 0 Å². The minimum absolute atomic E-state index is 0.0417. The first-order chi connectivity index (χ1) is 19.4. The highest BCUT2D eigenvalue weighted by Crippen LogP contribution is 2.42. The second kappa shape index (κ2) is 11.7. The van der Waals surface area contributed by atoms with Crippen LogP contribution in [0.1, 0.15) is 80.6 Å². The van der Waals surface area contributed by atoms with Gasteiger partial charge in [-0.2, -0.15) is 0 Å². The topological polar surface area (TPSA) is 121 Å². The first kappa shape index (κ1) is 29.7. The number of hydrogen-bond donors (Lipinski definition) is 6. The Bertz CT molecular complexity index is 1470. The van der Waals surface area contributed by atoms with E-state index in [1.807, 2.05) is 65.8 Å². The van der Waals surface area contributed by atoms with Crippen LogP contribution >= 0.6 is 0 Å². The van der Waals surface area contributed by atoms with Gasteiger partial charge in [-0.15, -0.1) is 0 Å². The van der Waals surface area contributed by atoms with E-state index in [0.29, 0.717) is 46.2 Å². The zero-order valence-electron chi connectivity index (χ0n) is 24.7. The monoisotopic (exact) mass is 556 g/mol. The highest BCUT2D eigenvalue weighted by molar-refractivity contribution is 5.60. The minimum atomic E-state index is -0.0417. The highest BCUT2D eigenvalue weighted by atomic mass is 16.3. The molecule has 0 saturated carbocycles. The minimum Gasteiger partial charge on any atom is -0.507 e. The Kier molecular flexibility index (Phi) is 8.43. The highest BCUT2D eigenvalue weighted by Gasteiger charge is 2.22. The van der Waals surface area contributed by atoms with Gasteiger partial charge in [0, 0.05) is 30.4 Å². The second-order valence-electron chi connectivity index (χ2n) is 11.1. The van der Waals surface area contributed by atoms with Crippen LogP contribution in [-0.2, 0) is 32.1 Å². The number of benzene rings is 4. The number of aromatic hydroxyl groups is 6. The molecular weight excluding hydrogens is 516 g/mol. The van der Waals surface area contributed by atoms with E-state index in [1.54, 1.807) is 12.1 Å². The van der Waals surface area contributed by atoms with Gasteiger partial charge in [0.1, 0.15) is 34.5 Å². The summed E-state index contributed by atoms with van der Waals surface area (Å²) >= 11 is 0.